The van der Waals surface area contributed by atoms with Crippen molar-refractivity contribution in [2.75, 3.05) is 11.1 Å². The Balaban J connectivity index is 1.99. The summed E-state index contributed by atoms with van der Waals surface area (Å²) >= 11 is 0. The van der Waals surface area contributed by atoms with Gasteiger partial charge in [-0.3, -0.25) is 4.79 Å². The van der Waals surface area contributed by atoms with Gasteiger partial charge in [0.25, 0.3) is 0 Å². The van der Waals surface area contributed by atoms with Gasteiger partial charge in [0.15, 0.2) is 0 Å². The zero-order valence-electron chi connectivity index (χ0n) is 11.6. The minimum Gasteiger partial charge on any atom is -0.396 e. The number of nitrogen functional groups attached to an aromatic ring is 1. The number of hydrogen-bond acceptors (Lipinski definition) is 2. The lowest BCUT2D eigenvalue weighted by atomic mass is 10.0. The molecule has 1 amide bonds. The third kappa shape index (κ3) is 3.78. The highest BCUT2D eigenvalue weighted by atomic mass is 19.1. The zero-order chi connectivity index (χ0) is 15.4. The van der Waals surface area contributed by atoms with Gasteiger partial charge in [-0.25, -0.2) is 8.78 Å². The van der Waals surface area contributed by atoms with E-state index in [1.165, 1.54) is 0 Å². The van der Waals surface area contributed by atoms with Crippen LogP contribution >= 0.6 is 0 Å². The topological polar surface area (TPSA) is 55.1 Å². The van der Waals surface area contributed by atoms with E-state index in [4.69, 9.17) is 5.73 Å². The molecule has 2 rings (SSSR count). The second-order valence-corrected chi connectivity index (χ2v) is 4.83. The summed E-state index contributed by atoms with van der Waals surface area (Å²) in [6.07, 6.45) is 0.762. The van der Waals surface area contributed by atoms with Gasteiger partial charge in [-0.05, 0) is 30.5 Å². The summed E-state index contributed by atoms with van der Waals surface area (Å²) < 4.78 is 26.5. The predicted molar refractivity (Wildman–Crippen MR) is 78.9 cm³/mol. The molecular weight excluding hydrogens is 274 g/mol. The number of benzene rings is 2. The molecule has 3 nitrogen and oxygen atoms in total. The highest BCUT2D eigenvalue weighted by molar-refractivity contribution is 5.91. The maximum Gasteiger partial charge on any atom is 0.224 e. The SMILES string of the molecule is Cc1ccccc1CCC(=O)Nc1cc(N)c(F)cc1F. The number of carbonyl (C=O) groups is 1. The number of halogens is 2. The molecule has 21 heavy (non-hydrogen) atoms. The monoisotopic (exact) mass is 290 g/mol. The van der Waals surface area contributed by atoms with Crippen molar-refractivity contribution in [1.82, 2.24) is 0 Å². The van der Waals surface area contributed by atoms with Gasteiger partial charge in [0.2, 0.25) is 5.91 Å². The van der Waals surface area contributed by atoms with Crippen LogP contribution in [0.3, 0.4) is 0 Å². The highest BCUT2D eigenvalue weighted by Gasteiger charge is 2.11. The molecular formula is C16H16F2N2O. The van der Waals surface area contributed by atoms with Crippen LogP contribution in [0.1, 0.15) is 17.5 Å². The van der Waals surface area contributed by atoms with Crippen LogP contribution in [0.2, 0.25) is 0 Å². The average molecular weight is 290 g/mol. The minimum atomic E-state index is -0.842. The van der Waals surface area contributed by atoms with E-state index >= 15 is 0 Å². The van der Waals surface area contributed by atoms with Crippen LogP contribution in [0.4, 0.5) is 20.2 Å². The molecule has 0 fully saturated rings. The highest BCUT2D eigenvalue weighted by Crippen LogP contribution is 2.21. The van der Waals surface area contributed by atoms with Crippen molar-refractivity contribution in [3.05, 3.63) is 59.2 Å². The molecule has 0 saturated heterocycles. The molecule has 110 valence electrons. The number of amides is 1. The Kier molecular flexibility index (Phi) is 4.52. The smallest absolute Gasteiger partial charge is 0.224 e. The van der Waals surface area contributed by atoms with E-state index in [9.17, 15) is 13.6 Å². The first kappa shape index (κ1) is 15.0. The summed E-state index contributed by atoms with van der Waals surface area (Å²) in [6, 6.07) is 9.48. The number of rotatable bonds is 4. The van der Waals surface area contributed by atoms with Gasteiger partial charge in [0.05, 0.1) is 11.4 Å². The van der Waals surface area contributed by atoms with E-state index in [1.54, 1.807) is 0 Å². The molecule has 0 bridgehead atoms. The van der Waals surface area contributed by atoms with E-state index in [0.717, 1.165) is 17.2 Å². The molecule has 5 heteroatoms. The lowest BCUT2D eigenvalue weighted by Crippen LogP contribution is -2.14. The molecule has 2 aromatic carbocycles. The molecule has 0 aliphatic rings. The van der Waals surface area contributed by atoms with Crippen molar-refractivity contribution in [3.8, 4) is 0 Å². The second kappa shape index (κ2) is 6.35. The molecule has 0 radical (unpaired) electrons. The first-order valence-electron chi connectivity index (χ1n) is 6.56. The first-order valence-corrected chi connectivity index (χ1v) is 6.56. The van der Waals surface area contributed by atoms with Crippen molar-refractivity contribution < 1.29 is 13.6 Å². The standard InChI is InChI=1S/C16H16F2N2O/c1-10-4-2-3-5-11(10)6-7-16(21)20-15-9-14(19)12(17)8-13(15)18/h2-5,8-9H,6-7,19H2,1H3,(H,20,21). The number of hydrogen-bond donors (Lipinski definition) is 2. The van der Waals surface area contributed by atoms with Crippen LogP contribution in [-0.2, 0) is 11.2 Å². The molecule has 0 saturated carbocycles. The van der Waals surface area contributed by atoms with E-state index in [-0.39, 0.29) is 23.7 Å². The predicted octanol–water partition coefficient (Wildman–Crippen LogP) is 3.43. The number of aryl methyl sites for hydroxylation is 2. The first-order chi connectivity index (χ1) is 9.97. The second-order valence-electron chi connectivity index (χ2n) is 4.83. The fourth-order valence-electron chi connectivity index (χ4n) is 2.01. The largest absolute Gasteiger partial charge is 0.396 e. The van der Waals surface area contributed by atoms with Crippen LogP contribution < -0.4 is 11.1 Å². The maximum atomic E-state index is 13.5. The summed E-state index contributed by atoms with van der Waals surface area (Å²) in [5.41, 5.74) is 7.21. The normalized spacial score (nSPS) is 10.4. The molecule has 0 heterocycles. The average Bonchev–Trinajstić information content (AvgIpc) is 2.44. The molecule has 0 aromatic heterocycles. The van der Waals surface area contributed by atoms with Crippen molar-refractivity contribution in [3.63, 3.8) is 0 Å². The Labute approximate surface area is 121 Å². The third-order valence-electron chi connectivity index (χ3n) is 3.24. The van der Waals surface area contributed by atoms with Gasteiger partial charge >= 0.3 is 0 Å². The fraction of sp³-hybridized carbons (Fsp3) is 0.188. The Morgan fingerprint density at radius 1 is 1.19 bits per heavy atom. The number of nitrogens with one attached hydrogen (secondary N) is 1. The van der Waals surface area contributed by atoms with Gasteiger partial charge < -0.3 is 11.1 Å². The molecule has 0 aliphatic heterocycles. The van der Waals surface area contributed by atoms with E-state index in [0.29, 0.717) is 12.5 Å². The number of nitrogens with two attached hydrogens (primary N) is 1. The van der Waals surface area contributed by atoms with Gasteiger partial charge in [-0.1, -0.05) is 24.3 Å². The Bertz CT molecular complexity index is 671. The summed E-state index contributed by atoms with van der Waals surface area (Å²) in [6.45, 7) is 1.97. The van der Waals surface area contributed by atoms with Gasteiger partial charge in [-0.2, -0.15) is 0 Å². The Hall–Kier alpha value is -2.43. The summed E-state index contributed by atoms with van der Waals surface area (Å²) in [4.78, 5) is 11.8. The molecule has 2 aromatic rings. The summed E-state index contributed by atoms with van der Waals surface area (Å²) in [5.74, 6) is -2.03. The van der Waals surface area contributed by atoms with E-state index < -0.39 is 11.6 Å². The summed E-state index contributed by atoms with van der Waals surface area (Å²) in [7, 11) is 0. The Morgan fingerprint density at radius 3 is 2.62 bits per heavy atom. The van der Waals surface area contributed by atoms with Crippen LogP contribution in [-0.4, -0.2) is 5.91 Å². The number of carbonyl (C=O) groups excluding carboxylic acids is 1. The van der Waals surface area contributed by atoms with Crippen LogP contribution in [0.25, 0.3) is 0 Å². The van der Waals surface area contributed by atoms with Gasteiger partial charge in [0, 0.05) is 12.5 Å². The van der Waals surface area contributed by atoms with Crippen molar-refractivity contribution in [2.24, 2.45) is 0 Å². The molecule has 0 unspecified atom stereocenters. The lowest BCUT2D eigenvalue weighted by Gasteiger charge is -2.09. The molecule has 0 spiro atoms. The summed E-state index contributed by atoms with van der Waals surface area (Å²) in [5, 5.41) is 2.41. The van der Waals surface area contributed by atoms with Gasteiger partial charge in [0.1, 0.15) is 11.6 Å². The van der Waals surface area contributed by atoms with E-state index in [1.807, 2.05) is 31.2 Å². The van der Waals surface area contributed by atoms with Crippen molar-refractivity contribution >= 4 is 17.3 Å². The zero-order valence-corrected chi connectivity index (χ0v) is 11.6. The van der Waals surface area contributed by atoms with Crippen LogP contribution in [0.5, 0.6) is 0 Å². The molecule has 0 aliphatic carbocycles. The number of anilines is 2. The molecule has 0 atom stereocenters. The lowest BCUT2D eigenvalue weighted by molar-refractivity contribution is -0.116. The van der Waals surface area contributed by atoms with Crippen molar-refractivity contribution in [2.45, 2.75) is 19.8 Å². The third-order valence-corrected chi connectivity index (χ3v) is 3.24. The van der Waals surface area contributed by atoms with Crippen LogP contribution in [0, 0.1) is 18.6 Å². The maximum absolute atomic E-state index is 13.5. The molecule has 3 N–H and O–H groups in total. The fourth-order valence-corrected chi connectivity index (χ4v) is 2.01. The van der Waals surface area contributed by atoms with E-state index in [2.05, 4.69) is 5.32 Å². The quantitative estimate of drug-likeness (QED) is 0.848. The van der Waals surface area contributed by atoms with Crippen LogP contribution in [0.15, 0.2) is 36.4 Å². The van der Waals surface area contributed by atoms with Gasteiger partial charge in [-0.15, -0.1) is 0 Å². The van der Waals surface area contributed by atoms with Crippen molar-refractivity contribution in [1.29, 1.82) is 0 Å². The Morgan fingerprint density at radius 2 is 1.90 bits per heavy atom. The minimum absolute atomic E-state index is 0.108.